The fraction of sp³-hybridized carbons (Fsp3) is 0.143. The van der Waals surface area contributed by atoms with Crippen LogP contribution in [0.15, 0.2) is 24.3 Å². The second-order valence-electron chi connectivity index (χ2n) is 2.11. The second-order valence-corrected chi connectivity index (χ2v) is 2.77. The predicted molar refractivity (Wildman–Crippen MR) is 38.7 cm³/mol. The van der Waals surface area contributed by atoms with E-state index in [0.717, 1.165) is 6.07 Å². The number of rotatable bonds is 1. The molecule has 0 atom stereocenters. The van der Waals surface area contributed by atoms with Crippen LogP contribution in [-0.4, -0.2) is 0 Å². The predicted octanol–water partition coefficient (Wildman–Crippen LogP) is 2.62. The van der Waals surface area contributed by atoms with Crippen LogP contribution in [0.3, 0.4) is 0 Å². The Morgan fingerprint density at radius 1 is 1.17 bits per heavy atom. The normalized spacial score (nSPS) is 11.9. The molecular weight excluding hydrogens is 188 g/mol. The maximum atomic E-state index is 12.1. The maximum Gasteiger partial charge on any atom is 0.417 e. The highest BCUT2D eigenvalue weighted by Crippen LogP contribution is 2.28. The lowest BCUT2D eigenvalue weighted by atomic mass is 10.2. The van der Waals surface area contributed by atoms with Gasteiger partial charge >= 0.3 is 6.18 Å². The summed E-state index contributed by atoms with van der Waals surface area (Å²) in [6, 6.07) is 4.75. The molecule has 0 spiro atoms. The zero-order valence-electron chi connectivity index (χ0n) is 5.80. The number of alkyl halides is 3. The topological polar surface area (TPSA) is 17.1 Å². The van der Waals surface area contributed by atoms with E-state index in [1.165, 1.54) is 18.2 Å². The lowest BCUT2D eigenvalue weighted by Gasteiger charge is -2.06. The van der Waals surface area contributed by atoms with E-state index in [0.29, 0.717) is 0 Å². The summed E-state index contributed by atoms with van der Waals surface area (Å²) < 4.78 is 46.5. The highest BCUT2D eigenvalue weighted by atomic mass is 31.1. The number of hydrogen-bond acceptors (Lipinski definition) is 1. The standard InChI is InChI=1S/C7H4F3OP/c8-7(9,10)5-3-1-2-4-6(5)12-11/h1-4H. The zero-order chi connectivity index (χ0) is 9.19. The molecule has 0 radical (unpaired) electrons. The van der Waals surface area contributed by atoms with Gasteiger partial charge in [0.25, 0.3) is 0 Å². The minimum Gasteiger partial charge on any atom is -0.269 e. The quantitative estimate of drug-likeness (QED) is 0.625. The van der Waals surface area contributed by atoms with Gasteiger partial charge in [-0.25, -0.2) is 0 Å². The van der Waals surface area contributed by atoms with Gasteiger partial charge in [0.15, 0.2) is 8.46 Å². The Kier molecular flexibility index (Phi) is 2.48. The molecule has 12 heavy (non-hydrogen) atoms. The average molecular weight is 192 g/mol. The monoisotopic (exact) mass is 192 g/mol. The molecule has 0 N–H and O–H groups in total. The van der Waals surface area contributed by atoms with Gasteiger partial charge in [-0.15, -0.1) is 0 Å². The summed E-state index contributed by atoms with van der Waals surface area (Å²) in [5.74, 6) is 0. The summed E-state index contributed by atoms with van der Waals surface area (Å²) in [4.78, 5) is 0. The molecule has 0 unspecified atom stereocenters. The Hall–Kier alpha value is -0.890. The summed E-state index contributed by atoms with van der Waals surface area (Å²) in [5.41, 5.74) is -0.846. The largest absolute Gasteiger partial charge is 0.417 e. The van der Waals surface area contributed by atoms with Gasteiger partial charge in [-0.3, -0.25) is 4.57 Å². The molecule has 0 saturated heterocycles. The van der Waals surface area contributed by atoms with Crippen LogP contribution in [0.5, 0.6) is 0 Å². The second kappa shape index (κ2) is 3.23. The third-order valence-corrected chi connectivity index (χ3v) is 1.89. The van der Waals surface area contributed by atoms with Crippen LogP contribution >= 0.6 is 8.46 Å². The molecule has 0 aliphatic carbocycles. The van der Waals surface area contributed by atoms with Crippen LogP contribution in [0.1, 0.15) is 5.56 Å². The molecule has 0 amide bonds. The first-order valence-corrected chi connectivity index (χ1v) is 3.86. The zero-order valence-corrected chi connectivity index (χ0v) is 6.69. The van der Waals surface area contributed by atoms with Gasteiger partial charge in [-0.05, 0) is 12.1 Å². The molecule has 5 heteroatoms. The highest BCUT2D eigenvalue weighted by molar-refractivity contribution is 7.34. The first kappa shape index (κ1) is 9.20. The molecule has 1 nitrogen and oxygen atoms in total. The SMILES string of the molecule is O=Pc1ccccc1C(F)(F)F. The number of benzene rings is 1. The van der Waals surface area contributed by atoms with Gasteiger partial charge < -0.3 is 0 Å². The summed E-state index contributed by atoms with van der Waals surface area (Å²) >= 11 is 0. The van der Waals surface area contributed by atoms with Crippen LogP contribution < -0.4 is 5.30 Å². The maximum absolute atomic E-state index is 12.1. The lowest BCUT2D eigenvalue weighted by Crippen LogP contribution is -2.14. The molecule has 0 heterocycles. The molecule has 1 aromatic rings. The Labute approximate surface area is 68.4 Å². The van der Waals surface area contributed by atoms with Crippen molar-refractivity contribution in [1.82, 2.24) is 0 Å². The minimum atomic E-state index is -4.42. The van der Waals surface area contributed by atoms with Crippen molar-refractivity contribution < 1.29 is 17.7 Å². The van der Waals surface area contributed by atoms with E-state index in [1.54, 1.807) is 0 Å². The van der Waals surface area contributed by atoms with E-state index >= 15 is 0 Å². The van der Waals surface area contributed by atoms with Crippen molar-refractivity contribution in [3.05, 3.63) is 29.8 Å². The molecule has 0 aliphatic rings. The first-order chi connectivity index (χ1) is 5.55. The van der Waals surface area contributed by atoms with Gasteiger partial charge in [0.1, 0.15) is 0 Å². The summed E-state index contributed by atoms with van der Waals surface area (Å²) in [6.45, 7) is 0. The van der Waals surface area contributed by atoms with Gasteiger partial charge in [0, 0.05) is 0 Å². The van der Waals surface area contributed by atoms with Crippen molar-refractivity contribution in [1.29, 1.82) is 0 Å². The molecule has 0 bridgehead atoms. The van der Waals surface area contributed by atoms with Crippen molar-refractivity contribution in [2.45, 2.75) is 6.18 Å². The number of halogens is 3. The first-order valence-electron chi connectivity index (χ1n) is 3.05. The van der Waals surface area contributed by atoms with Gasteiger partial charge in [0.2, 0.25) is 0 Å². The third-order valence-electron chi connectivity index (χ3n) is 1.31. The van der Waals surface area contributed by atoms with Crippen LogP contribution in [0, 0.1) is 0 Å². The summed E-state index contributed by atoms with van der Waals surface area (Å²) in [5, 5.41) is -0.231. The Morgan fingerprint density at radius 3 is 2.17 bits per heavy atom. The Bertz CT molecular complexity index is 295. The minimum absolute atomic E-state index is 0.231. The van der Waals surface area contributed by atoms with Gasteiger partial charge in [0.05, 0.1) is 10.9 Å². The third kappa shape index (κ3) is 1.83. The van der Waals surface area contributed by atoms with Crippen molar-refractivity contribution >= 4 is 13.8 Å². The summed E-state index contributed by atoms with van der Waals surface area (Å²) in [7, 11) is -0.608. The van der Waals surface area contributed by atoms with E-state index in [4.69, 9.17) is 0 Å². The highest BCUT2D eigenvalue weighted by Gasteiger charge is 2.32. The van der Waals surface area contributed by atoms with Crippen molar-refractivity contribution in [3.63, 3.8) is 0 Å². The van der Waals surface area contributed by atoms with Gasteiger partial charge in [-0.2, -0.15) is 13.2 Å². The Morgan fingerprint density at radius 2 is 1.75 bits per heavy atom. The molecule has 64 valence electrons. The fourth-order valence-corrected chi connectivity index (χ4v) is 1.24. The van der Waals surface area contributed by atoms with E-state index < -0.39 is 20.2 Å². The van der Waals surface area contributed by atoms with E-state index in [9.17, 15) is 17.7 Å². The average Bonchev–Trinajstić information content (AvgIpc) is 2.03. The van der Waals surface area contributed by atoms with Crippen molar-refractivity contribution in [2.75, 3.05) is 0 Å². The molecule has 0 fully saturated rings. The van der Waals surface area contributed by atoms with E-state index in [2.05, 4.69) is 0 Å². The van der Waals surface area contributed by atoms with Gasteiger partial charge in [-0.1, -0.05) is 12.1 Å². The van der Waals surface area contributed by atoms with Crippen molar-refractivity contribution in [2.24, 2.45) is 0 Å². The Balaban J connectivity index is 3.23. The van der Waals surface area contributed by atoms with E-state index in [-0.39, 0.29) is 5.30 Å². The van der Waals surface area contributed by atoms with E-state index in [1.807, 2.05) is 0 Å². The number of hydrogen-bond donors (Lipinski definition) is 0. The van der Waals surface area contributed by atoms with Crippen molar-refractivity contribution in [3.8, 4) is 0 Å². The smallest absolute Gasteiger partial charge is 0.269 e. The van der Waals surface area contributed by atoms with Crippen LogP contribution in [-0.2, 0) is 10.7 Å². The molecule has 1 aromatic carbocycles. The summed E-state index contributed by atoms with van der Waals surface area (Å²) in [6.07, 6.45) is -4.42. The van der Waals surface area contributed by atoms with Crippen LogP contribution in [0.25, 0.3) is 0 Å². The van der Waals surface area contributed by atoms with Crippen LogP contribution in [0.2, 0.25) is 0 Å². The molecular formula is C7H4F3OP. The fourth-order valence-electron chi connectivity index (χ4n) is 0.793. The molecule has 0 aromatic heterocycles. The lowest BCUT2D eigenvalue weighted by molar-refractivity contribution is -0.136. The molecule has 1 rings (SSSR count). The van der Waals surface area contributed by atoms with Crippen LogP contribution in [0.4, 0.5) is 13.2 Å². The molecule has 0 aliphatic heterocycles. The molecule has 0 saturated carbocycles.